The van der Waals surface area contributed by atoms with Crippen LogP contribution in [0.25, 0.3) is 0 Å². The second-order valence-electron chi connectivity index (χ2n) is 3.81. The van der Waals surface area contributed by atoms with Crippen LogP contribution in [0.3, 0.4) is 0 Å². The standard InChI is InChI=1S/C10H14N2O/c1-8(2)6-12(3)9(13)10(7-11)4-5-10/h1,4-6H2,2-3H3. The summed E-state index contributed by atoms with van der Waals surface area (Å²) in [5, 5.41) is 8.79. The summed E-state index contributed by atoms with van der Waals surface area (Å²) in [6.45, 7) is 6.14. The molecule has 0 unspecified atom stereocenters. The highest BCUT2D eigenvalue weighted by Crippen LogP contribution is 2.46. The van der Waals surface area contributed by atoms with E-state index < -0.39 is 5.41 Å². The number of carbonyl (C=O) groups is 1. The third-order valence-electron chi connectivity index (χ3n) is 2.23. The van der Waals surface area contributed by atoms with Gasteiger partial charge >= 0.3 is 0 Å². The zero-order valence-electron chi connectivity index (χ0n) is 8.13. The minimum absolute atomic E-state index is 0.0574. The van der Waals surface area contributed by atoms with Crippen molar-refractivity contribution in [1.29, 1.82) is 5.26 Å². The van der Waals surface area contributed by atoms with E-state index in [1.54, 1.807) is 11.9 Å². The maximum Gasteiger partial charge on any atom is 0.243 e. The molecule has 13 heavy (non-hydrogen) atoms. The van der Waals surface area contributed by atoms with Crippen molar-refractivity contribution in [3.63, 3.8) is 0 Å². The first-order valence-corrected chi connectivity index (χ1v) is 4.33. The number of nitriles is 1. The molecule has 1 rings (SSSR count). The van der Waals surface area contributed by atoms with E-state index in [0.29, 0.717) is 19.4 Å². The van der Waals surface area contributed by atoms with Gasteiger partial charge in [-0.2, -0.15) is 5.26 Å². The lowest BCUT2D eigenvalue weighted by atomic mass is 10.1. The van der Waals surface area contributed by atoms with Crippen LogP contribution in [0.4, 0.5) is 0 Å². The lowest BCUT2D eigenvalue weighted by Gasteiger charge is -2.19. The van der Waals surface area contributed by atoms with Gasteiger partial charge in [0.25, 0.3) is 0 Å². The van der Waals surface area contributed by atoms with Crippen LogP contribution < -0.4 is 0 Å². The molecule has 0 heterocycles. The Hall–Kier alpha value is -1.30. The molecule has 0 saturated heterocycles. The summed E-state index contributed by atoms with van der Waals surface area (Å²) in [7, 11) is 1.72. The van der Waals surface area contributed by atoms with Crippen molar-refractivity contribution in [3.8, 4) is 6.07 Å². The summed E-state index contributed by atoms with van der Waals surface area (Å²) in [6, 6.07) is 2.09. The molecule has 1 aliphatic carbocycles. The molecule has 1 amide bonds. The van der Waals surface area contributed by atoms with E-state index in [1.165, 1.54) is 0 Å². The number of amides is 1. The van der Waals surface area contributed by atoms with Gasteiger partial charge in [0.1, 0.15) is 5.41 Å². The van der Waals surface area contributed by atoms with Gasteiger partial charge in [0, 0.05) is 13.6 Å². The fourth-order valence-corrected chi connectivity index (χ4v) is 1.34. The Morgan fingerprint density at radius 1 is 1.69 bits per heavy atom. The number of hydrogen-bond donors (Lipinski definition) is 0. The summed E-state index contributed by atoms with van der Waals surface area (Å²) in [5.41, 5.74) is 0.245. The lowest BCUT2D eigenvalue weighted by Crippen LogP contribution is -2.34. The molecule has 0 spiro atoms. The molecule has 1 fully saturated rings. The van der Waals surface area contributed by atoms with Gasteiger partial charge in [0.15, 0.2) is 0 Å². The normalized spacial score (nSPS) is 17.3. The first-order chi connectivity index (χ1) is 6.02. The molecule has 70 valence electrons. The van der Waals surface area contributed by atoms with Crippen molar-refractivity contribution in [2.45, 2.75) is 19.8 Å². The Balaban J connectivity index is 2.59. The molecular formula is C10H14N2O. The number of nitrogens with zero attached hydrogens (tertiary/aromatic N) is 2. The van der Waals surface area contributed by atoms with Crippen LogP contribution in [0, 0.1) is 16.7 Å². The summed E-state index contributed by atoms with van der Waals surface area (Å²) < 4.78 is 0. The van der Waals surface area contributed by atoms with E-state index in [4.69, 9.17) is 5.26 Å². The predicted octanol–water partition coefficient (Wildman–Crippen LogP) is 1.32. The minimum atomic E-state index is -0.690. The molecule has 0 aromatic carbocycles. The van der Waals surface area contributed by atoms with Crippen molar-refractivity contribution in [2.75, 3.05) is 13.6 Å². The van der Waals surface area contributed by atoms with Crippen molar-refractivity contribution >= 4 is 5.91 Å². The van der Waals surface area contributed by atoms with Crippen LogP contribution >= 0.6 is 0 Å². The average molecular weight is 178 g/mol. The molecule has 0 atom stereocenters. The molecule has 0 aromatic rings. The summed E-state index contributed by atoms with van der Waals surface area (Å²) in [5.74, 6) is -0.0574. The van der Waals surface area contributed by atoms with Crippen LogP contribution in [-0.2, 0) is 4.79 Å². The molecule has 0 radical (unpaired) electrons. The molecular weight excluding hydrogens is 164 g/mol. The minimum Gasteiger partial charge on any atom is -0.340 e. The summed E-state index contributed by atoms with van der Waals surface area (Å²) in [4.78, 5) is 13.2. The van der Waals surface area contributed by atoms with Crippen molar-refractivity contribution in [1.82, 2.24) is 4.90 Å². The third kappa shape index (κ3) is 1.89. The summed E-state index contributed by atoms with van der Waals surface area (Å²) >= 11 is 0. The van der Waals surface area contributed by atoms with Crippen molar-refractivity contribution in [3.05, 3.63) is 12.2 Å². The number of likely N-dealkylation sites (N-methyl/N-ethyl adjacent to an activating group) is 1. The molecule has 1 aliphatic rings. The quantitative estimate of drug-likeness (QED) is 0.612. The Labute approximate surface area is 78.6 Å². The van der Waals surface area contributed by atoms with Gasteiger partial charge in [0.2, 0.25) is 5.91 Å². The van der Waals surface area contributed by atoms with E-state index in [2.05, 4.69) is 12.6 Å². The van der Waals surface area contributed by atoms with Crippen LogP contribution in [0.2, 0.25) is 0 Å². The predicted molar refractivity (Wildman–Crippen MR) is 49.7 cm³/mol. The fourth-order valence-electron chi connectivity index (χ4n) is 1.34. The first-order valence-electron chi connectivity index (χ1n) is 4.33. The zero-order valence-corrected chi connectivity index (χ0v) is 8.13. The van der Waals surface area contributed by atoms with Gasteiger partial charge in [-0.3, -0.25) is 4.79 Å². The van der Waals surface area contributed by atoms with E-state index in [9.17, 15) is 4.79 Å². The van der Waals surface area contributed by atoms with Gasteiger partial charge < -0.3 is 4.90 Å². The van der Waals surface area contributed by atoms with Crippen LogP contribution in [-0.4, -0.2) is 24.4 Å². The highest BCUT2D eigenvalue weighted by Gasteiger charge is 2.51. The third-order valence-corrected chi connectivity index (χ3v) is 2.23. The first kappa shape index (κ1) is 9.79. The maximum absolute atomic E-state index is 11.7. The highest BCUT2D eigenvalue weighted by atomic mass is 16.2. The van der Waals surface area contributed by atoms with E-state index in [-0.39, 0.29) is 5.91 Å². The largest absolute Gasteiger partial charge is 0.340 e. The molecule has 0 bridgehead atoms. The van der Waals surface area contributed by atoms with Gasteiger partial charge in [-0.15, -0.1) is 0 Å². The maximum atomic E-state index is 11.7. The van der Waals surface area contributed by atoms with E-state index >= 15 is 0 Å². The highest BCUT2D eigenvalue weighted by molar-refractivity contribution is 5.88. The Morgan fingerprint density at radius 2 is 2.23 bits per heavy atom. The zero-order chi connectivity index (χ0) is 10.1. The van der Waals surface area contributed by atoms with Crippen molar-refractivity contribution < 1.29 is 4.79 Å². The van der Waals surface area contributed by atoms with Gasteiger partial charge in [0.05, 0.1) is 6.07 Å². The monoisotopic (exact) mass is 178 g/mol. The molecule has 1 saturated carbocycles. The Kier molecular flexibility index (Phi) is 2.42. The van der Waals surface area contributed by atoms with E-state index in [0.717, 1.165) is 5.57 Å². The molecule has 0 N–H and O–H groups in total. The molecule has 0 aromatic heterocycles. The Morgan fingerprint density at radius 3 is 2.54 bits per heavy atom. The van der Waals surface area contributed by atoms with Gasteiger partial charge in [-0.05, 0) is 19.8 Å². The Bertz CT molecular complexity index is 284. The van der Waals surface area contributed by atoms with Crippen LogP contribution in [0.15, 0.2) is 12.2 Å². The average Bonchev–Trinajstić information content (AvgIpc) is 2.82. The SMILES string of the molecule is C=C(C)CN(C)C(=O)C1(C#N)CC1. The van der Waals surface area contributed by atoms with Gasteiger partial charge in [-0.25, -0.2) is 0 Å². The molecule has 3 heteroatoms. The van der Waals surface area contributed by atoms with Crippen LogP contribution in [0.1, 0.15) is 19.8 Å². The van der Waals surface area contributed by atoms with Crippen molar-refractivity contribution in [2.24, 2.45) is 5.41 Å². The van der Waals surface area contributed by atoms with Gasteiger partial charge in [-0.1, -0.05) is 12.2 Å². The molecule has 0 aliphatic heterocycles. The topological polar surface area (TPSA) is 44.1 Å². The number of carbonyl (C=O) groups excluding carboxylic acids is 1. The van der Waals surface area contributed by atoms with E-state index in [1.807, 2.05) is 6.92 Å². The fraction of sp³-hybridized carbons (Fsp3) is 0.600. The lowest BCUT2D eigenvalue weighted by molar-refractivity contribution is -0.133. The second-order valence-corrected chi connectivity index (χ2v) is 3.81. The molecule has 3 nitrogen and oxygen atoms in total. The summed E-state index contributed by atoms with van der Waals surface area (Å²) in [6.07, 6.45) is 1.42. The number of hydrogen-bond acceptors (Lipinski definition) is 2. The van der Waals surface area contributed by atoms with Crippen LogP contribution in [0.5, 0.6) is 0 Å². The smallest absolute Gasteiger partial charge is 0.243 e. The number of rotatable bonds is 3. The second kappa shape index (κ2) is 3.21.